The van der Waals surface area contributed by atoms with Crippen molar-refractivity contribution in [2.24, 2.45) is 0 Å². The predicted octanol–water partition coefficient (Wildman–Crippen LogP) is 16.2. The minimum Gasteiger partial charge on any atom is -0.466 e. The lowest BCUT2D eigenvalue weighted by Gasteiger charge is -2.42. The number of aliphatic hydroxyl groups excluding tert-OH is 2. The van der Waals surface area contributed by atoms with Crippen LogP contribution in [0.5, 0.6) is 0 Å². The number of aromatic nitrogens is 3. The van der Waals surface area contributed by atoms with Gasteiger partial charge in [-0.2, -0.15) is 0 Å². The fourth-order valence-corrected chi connectivity index (χ4v) is 19.0. The van der Waals surface area contributed by atoms with Crippen LogP contribution in [0.15, 0.2) is 70.7 Å². The smallest absolute Gasteiger partial charge is 0.323 e. The van der Waals surface area contributed by atoms with Crippen LogP contribution in [0.2, 0.25) is 0 Å². The minimum absolute atomic E-state index is 0.152. The number of hydrogen-bond donors (Lipinski definition) is 3. The van der Waals surface area contributed by atoms with Crippen molar-refractivity contribution in [3.05, 3.63) is 104 Å². The first-order chi connectivity index (χ1) is 51.8. The summed E-state index contributed by atoms with van der Waals surface area (Å²) in [4.78, 5) is 72.7. The normalized spacial score (nSPS) is 19.6. The summed E-state index contributed by atoms with van der Waals surface area (Å²) in [5, 5.41) is 32.1. The first kappa shape index (κ1) is 87.1. The van der Waals surface area contributed by atoms with Gasteiger partial charge in [0.2, 0.25) is 0 Å². The van der Waals surface area contributed by atoms with Gasteiger partial charge in [-0.1, -0.05) is 135 Å². The number of ether oxygens (including phenoxy) is 4. The van der Waals surface area contributed by atoms with Crippen molar-refractivity contribution in [1.82, 2.24) is 30.1 Å². The molecular formula is C86H126BrN9O10S3. The number of rotatable bonds is 24. The average Bonchev–Trinajstić information content (AvgIpc) is 1.43. The van der Waals surface area contributed by atoms with E-state index >= 15 is 0 Å². The maximum Gasteiger partial charge on any atom is 0.323 e. The molecule has 600 valence electrons. The monoisotopic (exact) mass is 1620 g/mol. The lowest BCUT2D eigenvalue weighted by Crippen LogP contribution is -2.53. The predicted molar refractivity (Wildman–Crippen MR) is 450 cm³/mol. The number of benzene rings is 3. The van der Waals surface area contributed by atoms with Crippen molar-refractivity contribution in [2.75, 3.05) is 133 Å². The molecule has 6 aromatic rings. The summed E-state index contributed by atoms with van der Waals surface area (Å²) in [5.41, 5.74) is 17.1. The number of anilines is 3. The average molecular weight is 1620 g/mol. The molecule has 3 N–H and O–H groups in total. The molecule has 0 radical (unpaired) electrons. The third-order valence-electron chi connectivity index (χ3n) is 23.3. The summed E-state index contributed by atoms with van der Waals surface area (Å²) in [6.45, 7) is 48.1. The lowest BCUT2D eigenvalue weighted by atomic mass is 9.63. The standard InChI is InChI=1S/C30H43N3O4S.C26H39N3O2S.C21H29N3S.C9H15BrO4/c1-7-36-26(34)12-11-25(27(35)37-8-2)32-15-17-33(18-16-32)28-31-24(20-38-28)21-9-10-22-23(19-21)30(5,6)14-13-29(22,3)4;1-25(2)9-10-26(3,4)22-16-19(7-8-21(22)25)23-18-32-24(27-23)29-13-11-28(12-14-29)20(17-31)6-5-15-30;1-20(2)7-8-21(3,4)17-13-15(5-6-16(17)20)18-14-25-19(23-18)24-11-9-22-10-12-24;1-3-13-8(11)6-5-7(10)9(12)14-4-2/h9-10,19-20,25H,7-8,11-18H2,1-6H3;7-8,16,18,20,30-31H,5-6,9-15,17H2,1-4H3;5-6,13-14,22H,7-12H2,1-4H3;7H,3-6H2,1-2H3. The van der Waals surface area contributed by atoms with Crippen molar-refractivity contribution >= 4 is 89.2 Å². The van der Waals surface area contributed by atoms with Gasteiger partial charge in [-0.05, 0) is 176 Å². The van der Waals surface area contributed by atoms with Gasteiger partial charge in [0.15, 0.2) is 15.4 Å². The van der Waals surface area contributed by atoms with Gasteiger partial charge in [0.1, 0.15) is 10.9 Å². The highest BCUT2D eigenvalue weighted by Crippen LogP contribution is 2.50. The molecule has 0 saturated carbocycles. The second-order valence-electron chi connectivity index (χ2n) is 33.8. The van der Waals surface area contributed by atoms with Crippen molar-refractivity contribution < 1.29 is 48.3 Å². The number of carbonyl (C=O) groups is 4. The van der Waals surface area contributed by atoms with E-state index in [9.17, 15) is 24.3 Å². The molecule has 3 unspecified atom stereocenters. The first-order valence-electron chi connectivity index (χ1n) is 40.1. The van der Waals surface area contributed by atoms with E-state index in [1.165, 1.54) is 88.6 Å². The molecule has 3 aliphatic heterocycles. The van der Waals surface area contributed by atoms with Gasteiger partial charge >= 0.3 is 23.9 Å². The SMILES string of the molecule is CC1(C)CCC(C)(C)c2cc(-c3csc(N4CCN(C(CO)CCCO)CC4)n3)ccc21.CC1(C)CCC(C)(C)c2cc(-c3csc(N4CCNCC4)n3)ccc21.CCOC(=O)CCC(Br)C(=O)OCC.CCOC(=O)CCC(C(=O)OCC)N1CCN(c2nc(-c3ccc4c(c3)C(C)(C)CCC4(C)C)cs2)CC1. The van der Waals surface area contributed by atoms with E-state index in [-0.39, 0.29) is 88.5 Å². The molecule has 3 atom stereocenters. The third kappa shape index (κ3) is 22.5. The number of esters is 4. The Balaban J connectivity index is 0.000000176. The Morgan fingerprint density at radius 3 is 1.15 bits per heavy atom. The van der Waals surface area contributed by atoms with Crippen LogP contribution in [0.3, 0.4) is 0 Å². The second-order valence-corrected chi connectivity index (χ2v) is 37.4. The van der Waals surface area contributed by atoms with E-state index in [0.29, 0.717) is 52.4 Å². The van der Waals surface area contributed by atoms with Crippen LogP contribution < -0.4 is 20.0 Å². The Morgan fingerprint density at radius 2 is 0.789 bits per heavy atom. The number of nitrogens with one attached hydrogen (secondary N) is 1. The lowest BCUT2D eigenvalue weighted by molar-refractivity contribution is -0.151. The maximum absolute atomic E-state index is 12.7. The van der Waals surface area contributed by atoms with Gasteiger partial charge < -0.3 is 49.2 Å². The highest BCUT2D eigenvalue weighted by Gasteiger charge is 2.41. The van der Waals surface area contributed by atoms with Crippen molar-refractivity contribution in [2.45, 2.75) is 237 Å². The molecule has 3 fully saturated rings. The van der Waals surface area contributed by atoms with Gasteiger partial charge in [-0.15, -0.1) is 34.0 Å². The van der Waals surface area contributed by atoms with E-state index < -0.39 is 10.9 Å². The number of halogens is 1. The van der Waals surface area contributed by atoms with Gasteiger partial charge in [-0.3, -0.25) is 29.0 Å². The van der Waals surface area contributed by atoms with Crippen LogP contribution >= 0.6 is 49.9 Å². The number of carbonyl (C=O) groups excluding carboxylic acids is 4. The summed E-state index contributed by atoms with van der Waals surface area (Å²) in [6, 6.07) is 20.6. The van der Waals surface area contributed by atoms with Gasteiger partial charge in [0.05, 0.1) is 50.1 Å². The minimum atomic E-state index is -0.434. The molecule has 0 amide bonds. The number of nitrogens with zero attached hydrogens (tertiary/aromatic N) is 8. The molecular weight excluding hydrogens is 1500 g/mol. The number of alkyl halides is 1. The molecule has 6 aliphatic rings. The van der Waals surface area contributed by atoms with E-state index in [0.717, 1.165) is 111 Å². The number of hydrogen-bond acceptors (Lipinski definition) is 22. The summed E-state index contributed by atoms with van der Waals surface area (Å²) in [7, 11) is 0. The summed E-state index contributed by atoms with van der Waals surface area (Å²) >= 11 is 8.32. The van der Waals surface area contributed by atoms with Gasteiger partial charge in [0, 0.05) is 137 Å². The fourth-order valence-electron chi connectivity index (χ4n) is 15.9. The molecule has 3 saturated heterocycles. The topological polar surface area (TPSA) is 213 Å². The van der Waals surface area contributed by atoms with Crippen LogP contribution in [-0.2, 0) is 70.6 Å². The van der Waals surface area contributed by atoms with Crippen LogP contribution in [0.1, 0.15) is 221 Å². The van der Waals surface area contributed by atoms with Crippen molar-refractivity contribution in [3.63, 3.8) is 0 Å². The van der Waals surface area contributed by atoms with Crippen LogP contribution in [0.4, 0.5) is 15.4 Å². The fraction of sp³-hybridized carbons (Fsp3) is 0.640. The molecule has 19 nitrogen and oxygen atoms in total. The first-order valence-corrected chi connectivity index (χ1v) is 43.6. The van der Waals surface area contributed by atoms with Gasteiger partial charge in [-0.25, -0.2) is 15.0 Å². The Kier molecular flexibility index (Phi) is 31.0. The molecule has 0 spiro atoms. The Hall–Kier alpha value is -5.89. The van der Waals surface area contributed by atoms with E-state index in [2.05, 4.69) is 200 Å². The number of piperazine rings is 3. The van der Waals surface area contributed by atoms with Crippen LogP contribution in [0.25, 0.3) is 33.8 Å². The van der Waals surface area contributed by atoms with E-state index in [4.69, 9.17) is 39.0 Å². The number of fused-ring (bicyclic) bond motifs is 3. The maximum atomic E-state index is 12.7. The number of aliphatic hydroxyl groups is 2. The van der Waals surface area contributed by atoms with Gasteiger partial charge in [0.25, 0.3) is 0 Å². The highest BCUT2D eigenvalue weighted by molar-refractivity contribution is 9.10. The Morgan fingerprint density at radius 1 is 0.450 bits per heavy atom. The van der Waals surface area contributed by atoms with E-state index in [1.54, 1.807) is 54.8 Å². The molecule has 3 aromatic carbocycles. The Bertz CT molecular complexity index is 3960. The van der Waals surface area contributed by atoms with Crippen LogP contribution in [-0.4, -0.2) is 194 Å². The zero-order valence-corrected chi connectivity index (χ0v) is 72.2. The Labute approximate surface area is 671 Å². The molecule has 0 bridgehead atoms. The number of thiazole rings is 3. The largest absolute Gasteiger partial charge is 0.466 e. The second kappa shape index (κ2) is 38.8. The summed E-state index contributed by atoms with van der Waals surface area (Å²) in [5.74, 6) is -1.16. The van der Waals surface area contributed by atoms with Crippen molar-refractivity contribution in [1.29, 1.82) is 0 Å². The zero-order chi connectivity index (χ0) is 79.1. The zero-order valence-electron chi connectivity index (χ0n) is 68.2. The quantitative estimate of drug-likeness (QED) is 0.0292. The molecule has 109 heavy (non-hydrogen) atoms. The van der Waals surface area contributed by atoms with Crippen LogP contribution in [0, 0.1) is 0 Å². The third-order valence-corrected chi connectivity index (χ3v) is 26.8. The highest BCUT2D eigenvalue weighted by atomic mass is 79.9. The molecule has 3 aliphatic carbocycles. The summed E-state index contributed by atoms with van der Waals surface area (Å²) in [6.07, 6.45) is 10.2. The molecule has 12 rings (SSSR count). The molecule has 23 heteroatoms. The molecule has 3 aromatic heterocycles. The molecule has 6 heterocycles. The van der Waals surface area contributed by atoms with Crippen molar-refractivity contribution in [3.8, 4) is 33.8 Å². The van der Waals surface area contributed by atoms with E-state index in [1.807, 2.05) is 6.92 Å². The summed E-state index contributed by atoms with van der Waals surface area (Å²) < 4.78 is 19.9.